The SMILES string of the molecule is O=C(O)CC1(CC(=O)NCCc2ncon2)CCCCC1. The fraction of sp³-hybridized carbons (Fsp3) is 0.714. The maximum atomic E-state index is 12.1. The van der Waals surface area contributed by atoms with Gasteiger partial charge in [0, 0.05) is 19.4 Å². The van der Waals surface area contributed by atoms with E-state index >= 15 is 0 Å². The summed E-state index contributed by atoms with van der Waals surface area (Å²) in [6, 6.07) is 0. The number of aromatic nitrogens is 2. The van der Waals surface area contributed by atoms with Gasteiger partial charge in [0.2, 0.25) is 12.3 Å². The summed E-state index contributed by atoms with van der Waals surface area (Å²) in [4.78, 5) is 27.0. The highest BCUT2D eigenvalue weighted by Gasteiger charge is 2.36. The van der Waals surface area contributed by atoms with Gasteiger partial charge in [0.1, 0.15) is 0 Å². The van der Waals surface area contributed by atoms with Gasteiger partial charge in [-0.25, -0.2) is 0 Å². The number of nitrogens with zero attached hydrogens (tertiary/aromatic N) is 2. The third kappa shape index (κ3) is 4.84. The van der Waals surface area contributed by atoms with E-state index in [-0.39, 0.29) is 24.2 Å². The van der Waals surface area contributed by atoms with Gasteiger partial charge in [-0.05, 0) is 18.3 Å². The first kappa shape index (κ1) is 15.5. The Morgan fingerprint density at radius 2 is 2.05 bits per heavy atom. The van der Waals surface area contributed by atoms with Crippen molar-refractivity contribution in [2.75, 3.05) is 6.54 Å². The molecule has 1 aromatic rings. The fourth-order valence-corrected chi connectivity index (χ4v) is 3.06. The molecule has 1 aliphatic carbocycles. The molecule has 1 aromatic heterocycles. The molecule has 1 aliphatic rings. The quantitative estimate of drug-likeness (QED) is 0.790. The Morgan fingerprint density at radius 3 is 2.67 bits per heavy atom. The monoisotopic (exact) mass is 295 g/mol. The van der Waals surface area contributed by atoms with E-state index in [1.165, 1.54) is 6.39 Å². The number of carboxylic acids is 1. The second-order valence-corrected chi connectivity index (χ2v) is 5.76. The molecule has 0 bridgehead atoms. The van der Waals surface area contributed by atoms with Crippen molar-refractivity contribution in [1.82, 2.24) is 15.5 Å². The summed E-state index contributed by atoms with van der Waals surface area (Å²) in [5.74, 6) is -0.369. The van der Waals surface area contributed by atoms with Crippen LogP contribution >= 0.6 is 0 Å². The van der Waals surface area contributed by atoms with Crippen molar-refractivity contribution in [3.8, 4) is 0 Å². The highest BCUT2D eigenvalue weighted by Crippen LogP contribution is 2.42. The summed E-state index contributed by atoms with van der Waals surface area (Å²) in [5, 5.41) is 15.6. The second-order valence-electron chi connectivity index (χ2n) is 5.76. The predicted octanol–water partition coefficient (Wildman–Crippen LogP) is 1.54. The van der Waals surface area contributed by atoms with Crippen LogP contribution in [0.3, 0.4) is 0 Å². The van der Waals surface area contributed by atoms with Crippen LogP contribution in [0.5, 0.6) is 0 Å². The van der Waals surface area contributed by atoms with E-state index in [1.54, 1.807) is 0 Å². The first-order valence-corrected chi connectivity index (χ1v) is 7.33. The minimum Gasteiger partial charge on any atom is -0.481 e. The number of aliphatic carboxylic acids is 1. The minimum atomic E-state index is -0.823. The number of nitrogens with one attached hydrogen (secondary N) is 1. The molecule has 0 atom stereocenters. The molecule has 2 N–H and O–H groups in total. The van der Waals surface area contributed by atoms with Crippen molar-refractivity contribution in [1.29, 1.82) is 0 Å². The minimum absolute atomic E-state index is 0.0747. The molecule has 2 rings (SSSR count). The Labute approximate surface area is 123 Å². The summed E-state index contributed by atoms with van der Waals surface area (Å²) in [6.07, 6.45) is 6.88. The van der Waals surface area contributed by atoms with Gasteiger partial charge < -0.3 is 14.9 Å². The van der Waals surface area contributed by atoms with Crippen LogP contribution in [0.1, 0.15) is 50.8 Å². The number of rotatable bonds is 7. The van der Waals surface area contributed by atoms with Crippen molar-refractivity contribution in [2.24, 2.45) is 5.41 Å². The van der Waals surface area contributed by atoms with Gasteiger partial charge in [-0.1, -0.05) is 24.4 Å². The topological polar surface area (TPSA) is 105 Å². The summed E-state index contributed by atoms with van der Waals surface area (Å²) in [6.45, 7) is 0.432. The molecule has 0 aliphatic heterocycles. The summed E-state index contributed by atoms with van der Waals surface area (Å²) in [7, 11) is 0. The maximum Gasteiger partial charge on any atom is 0.303 e. The molecule has 0 unspecified atom stereocenters. The molecular weight excluding hydrogens is 274 g/mol. The van der Waals surface area contributed by atoms with Gasteiger partial charge in [-0.15, -0.1) is 0 Å². The van der Waals surface area contributed by atoms with Crippen LogP contribution in [-0.2, 0) is 16.0 Å². The zero-order valence-corrected chi connectivity index (χ0v) is 12.0. The van der Waals surface area contributed by atoms with Crippen molar-refractivity contribution >= 4 is 11.9 Å². The molecule has 1 fully saturated rings. The van der Waals surface area contributed by atoms with Crippen LogP contribution in [0.4, 0.5) is 0 Å². The van der Waals surface area contributed by atoms with E-state index in [2.05, 4.69) is 20.0 Å². The molecule has 1 heterocycles. The molecule has 116 valence electrons. The van der Waals surface area contributed by atoms with Gasteiger partial charge in [-0.2, -0.15) is 4.98 Å². The molecule has 7 nitrogen and oxygen atoms in total. The highest BCUT2D eigenvalue weighted by molar-refractivity contribution is 5.78. The molecule has 0 spiro atoms. The lowest BCUT2D eigenvalue weighted by atomic mass is 9.69. The van der Waals surface area contributed by atoms with Gasteiger partial charge in [0.05, 0.1) is 6.42 Å². The zero-order chi connectivity index (χ0) is 15.1. The third-order valence-corrected chi connectivity index (χ3v) is 4.05. The van der Waals surface area contributed by atoms with Crippen LogP contribution < -0.4 is 5.32 Å². The van der Waals surface area contributed by atoms with E-state index in [1.807, 2.05) is 0 Å². The van der Waals surface area contributed by atoms with Crippen LogP contribution in [0.25, 0.3) is 0 Å². The molecule has 0 saturated heterocycles. The highest BCUT2D eigenvalue weighted by atomic mass is 16.5. The van der Waals surface area contributed by atoms with E-state index in [9.17, 15) is 9.59 Å². The van der Waals surface area contributed by atoms with Crippen LogP contribution in [-0.4, -0.2) is 33.7 Å². The normalized spacial score (nSPS) is 17.3. The fourth-order valence-electron chi connectivity index (χ4n) is 3.06. The lowest BCUT2D eigenvalue weighted by Crippen LogP contribution is -2.35. The van der Waals surface area contributed by atoms with Crippen molar-refractivity contribution in [3.05, 3.63) is 12.2 Å². The average Bonchev–Trinajstić information content (AvgIpc) is 2.91. The average molecular weight is 295 g/mol. The summed E-state index contributed by atoms with van der Waals surface area (Å²) < 4.78 is 4.61. The van der Waals surface area contributed by atoms with Crippen LogP contribution in [0.15, 0.2) is 10.9 Å². The van der Waals surface area contributed by atoms with Crippen molar-refractivity contribution < 1.29 is 19.2 Å². The predicted molar refractivity (Wildman–Crippen MR) is 73.4 cm³/mol. The molecule has 1 saturated carbocycles. The van der Waals surface area contributed by atoms with Crippen LogP contribution in [0.2, 0.25) is 0 Å². The summed E-state index contributed by atoms with van der Waals surface area (Å²) >= 11 is 0. The Morgan fingerprint density at radius 1 is 1.29 bits per heavy atom. The van der Waals surface area contributed by atoms with Gasteiger partial charge in [-0.3, -0.25) is 9.59 Å². The van der Waals surface area contributed by atoms with E-state index in [0.717, 1.165) is 32.1 Å². The number of carbonyl (C=O) groups excluding carboxylic acids is 1. The smallest absolute Gasteiger partial charge is 0.303 e. The molecule has 0 radical (unpaired) electrons. The lowest BCUT2D eigenvalue weighted by Gasteiger charge is -2.35. The molecule has 0 aromatic carbocycles. The number of amides is 1. The van der Waals surface area contributed by atoms with Gasteiger partial charge in [0.15, 0.2) is 5.82 Å². The van der Waals surface area contributed by atoms with E-state index in [4.69, 9.17) is 5.11 Å². The van der Waals surface area contributed by atoms with Gasteiger partial charge in [0.25, 0.3) is 0 Å². The van der Waals surface area contributed by atoms with Crippen molar-refractivity contribution in [3.63, 3.8) is 0 Å². The standard InChI is InChI=1S/C14H21N3O4/c18-12(15-7-4-11-16-10-21-17-11)8-14(9-13(19)20)5-2-1-3-6-14/h10H,1-9H2,(H,15,18)(H,19,20). The number of carbonyl (C=O) groups is 2. The van der Waals surface area contributed by atoms with E-state index < -0.39 is 5.97 Å². The number of carboxylic acid groups (broad SMARTS) is 1. The second kappa shape index (κ2) is 7.19. The number of hydrogen-bond acceptors (Lipinski definition) is 5. The Bertz CT molecular complexity index is 467. The van der Waals surface area contributed by atoms with E-state index in [0.29, 0.717) is 18.8 Å². The first-order chi connectivity index (χ1) is 10.1. The van der Waals surface area contributed by atoms with Crippen LogP contribution in [0, 0.1) is 5.41 Å². The largest absolute Gasteiger partial charge is 0.481 e. The summed E-state index contributed by atoms with van der Waals surface area (Å²) in [5.41, 5.74) is -0.375. The Kier molecular flexibility index (Phi) is 5.30. The first-order valence-electron chi connectivity index (χ1n) is 7.33. The maximum absolute atomic E-state index is 12.1. The van der Waals surface area contributed by atoms with Gasteiger partial charge >= 0.3 is 5.97 Å². The van der Waals surface area contributed by atoms with Crippen molar-refractivity contribution in [2.45, 2.75) is 51.4 Å². The Hall–Kier alpha value is -1.92. The number of hydrogen-bond donors (Lipinski definition) is 2. The lowest BCUT2D eigenvalue weighted by molar-refractivity contribution is -0.141. The molecule has 21 heavy (non-hydrogen) atoms. The third-order valence-electron chi connectivity index (χ3n) is 4.05. The molecular formula is C14H21N3O4. The molecule has 7 heteroatoms. The Balaban J connectivity index is 1.81. The zero-order valence-electron chi connectivity index (χ0n) is 12.0. The molecule has 1 amide bonds.